The van der Waals surface area contributed by atoms with Crippen molar-refractivity contribution in [3.63, 3.8) is 0 Å². The molecule has 29 heavy (non-hydrogen) atoms. The average molecular weight is 430 g/mol. The fourth-order valence-electron chi connectivity index (χ4n) is 2.19. The molecule has 0 bridgehead atoms. The van der Waals surface area contributed by atoms with Crippen molar-refractivity contribution >= 4 is 27.7 Å². The van der Waals surface area contributed by atoms with Gasteiger partial charge in [-0.05, 0) is 52.3 Å². The van der Waals surface area contributed by atoms with E-state index >= 15 is 0 Å². The summed E-state index contributed by atoms with van der Waals surface area (Å²) in [5.74, 6) is -0.214. The van der Waals surface area contributed by atoms with Gasteiger partial charge in [-0.2, -0.15) is 0 Å². The van der Waals surface area contributed by atoms with E-state index in [1.54, 1.807) is 32.9 Å². The van der Waals surface area contributed by atoms with E-state index in [0.29, 0.717) is 25.3 Å². The number of amides is 2. The zero-order chi connectivity index (χ0) is 21.9. The maximum atomic E-state index is 12.4. The summed E-state index contributed by atoms with van der Waals surface area (Å²) in [5, 5.41) is 5.15. The molecule has 0 fully saturated rings. The number of rotatable bonds is 11. The van der Waals surface area contributed by atoms with E-state index in [1.807, 2.05) is 6.92 Å². The molecule has 0 heterocycles. The van der Waals surface area contributed by atoms with Gasteiger partial charge in [0.1, 0.15) is 5.60 Å². The first-order valence-corrected chi connectivity index (χ1v) is 11.0. The normalized spacial score (nSPS) is 11.7. The van der Waals surface area contributed by atoms with Crippen molar-refractivity contribution in [1.29, 1.82) is 0 Å². The van der Waals surface area contributed by atoms with E-state index in [0.717, 1.165) is 0 Å². The number of hydrogen-bond donors (Lipinski definition) is 3. The van der Waals surface area contributed by atoms with Crippen LogP contribution in [0.1, 0.15) is 40.5 Å². The largest absolute Gasteiger partial charge is 0.444 e. The molecule has 0 radical (unpaired) electrons. The molecule has 1 aromatic rings. The van der Waals surface area contributed by atoms with Crippen LogP contribution < -0.4 is 15.4 Å². The molecule has 0 atom stereocenters. The summed E-state index contributed by atoms with van der Waals surface area (Å²) < 4.78 is 37.5. The minimum atomic E-state index is -3.79. The van der Waals surface area contributed by atoms with E-state index in [1.165, 1.54) is 12.1 Å². The molecule has 0 saturated heterocycles. The Kier molecular flexibility index (Phi) is 10.1. The lowest BCUT2D eigenvalue weighted by Crippen LogP contribution is -2.37. The van der Waals surface area contributed by atoms with Gasteiger partial charge in [-0.1, -0.05) is 6.07 Å². The molecule has 9 nitrogen and oxygen atoms in total. The van der Waals surface area contributed by atoms with Gasteiger partial charge in [-0.25, -0.2) is 17.9 Å². The van der Waals surface area contributed by atoms with Crippen LogP contribution in [0.4, 0.5) is 10.5 Å². The summed E-state index contributed by atoms with van der Waals surface area (Å²) in [6.07, 6.45) is 0.251. The van der Waals surface area contributed by atoms with E-state index in [9.17, 15) is 18.0 Å². The Morgan fingerprint density at radius 1 is 1.14 bits per heavy atom. The summed E-state index contributed by atoms with van der Waals surface area (Å²) in [7, 11) is -3.79. The molecular formula is C19H31N3O6S. The number of ether oxygens (including phenoxy) is 2. The summed E-state index contributed by atoms with van der Waals surface area (Å²) in [6.45, 7) is 8.26. The predicted molar refractivity (Wildman–Crippen MR) is 110 cm³/mol. The number of sulfonamides is 1. The van der Waals surface area contributed by atoms with Gasteiger partial charge >= 0.3 is 6.09 Å². The van der Waals surface area contributed by atoms with Gasteiger partial charge in [0.25, 0.3) is 0 Å². The highest BCUT2D eigenvalue weighted by Gasteiger charge is 2.17. The average Bonchev–Trinajstić information content (AvgIpc) is 2.61. The van der Waals surface area contributed by atoms with Gasteiger partial charge in [0, 0.05) is 38.4 Å². The maximum absolute atomic E-state index is 12.4. The second-order valence-corrected chi connectivity index (χ2v) is 8.97. The Labute approximate surface area is 172 Å². The van der Waals surface area contributed by atoms with Crippen molar-refractivity contribution in [3.05, 3.63) is 24.3 Å². The van der Waals surface area contributed by atoms with Gasteiger partial charge in [0.15, 0.2) is 0 Å². The Hall–Kier alpha value is -2.17. The molecule has 0 aliphatic rings. The molecule has 164 valence electrons. The third-order valence-corrected chi connectivity index (χ3v) is 4.87. The Morgan fingerprint density at radius 3 is 2.52 bits per heavy atom. The lowest BCUT2D eigenvalue weighted by Gasteiger charge is -2.19. The van der Waals surface area contributed by atoms with Crippen LogP contribution in [0.5, 0.6) is 0 Å². The molecular weight excluding hydrogens is 398 g/mol. The monoisotopic (exact) mass is 429 g/mol. The third kappa shape index (κ3) is 10.8. The summed E-state index contributed by atoms with van der Waals surface area (Å²) in [4.78, 5) is 23.5. The van der Waals surface area contributed by atoms with Crippen molar-refractivity contribution < 1.29 is 27.5 Å². The lowest BCUT2D eigenvalue weighted by atomic mass is 10.2. The molecule has 2 amide bonds. The Morgan fingerprint density at radius 2 is 1.86 bits per heavy atom. The zero-order valence-corrected chi connectivity index (χ0v) is 18.2. The highest BCUT2D eigenvalue weighted by molar-refractivity contribution is 7.89. The van der Waals surface area contributed by atoms with Crippen LogP contribution in [0.15, 0.2) is 29.2 Å². The van der Waals surface area contributed by atoms with Crippen molar-refractivity contribution in [2.24, 2.45) is 0 Å². The van der Waals surface area contributed by atoms with Gasteiger partial charge < -0.3 is 20.1 Å². The molecule has 1 rings (SSSR count). The molecule has 0 aromatic heterocycles. The van der Waals surface area contributed by atoms with Crippen LogP contribution in [0, 0.1) is 0 Å². The SMILES string of the molecule is CCOCCCC(=O)Nc1cccc(S(=O)(=O)NCCNC(=O)OC(C)(C)C)c1. The third-order valence-electron chi connectivity index (χ3n) is 3.41. The van der Waals surface area contributed by atoms with Crippen molar-refractivity contribution in [1.82, 2.24) is 10.0 Å². The molecule has 0 unspecified atom stereocenters. The number of hydrogen-bond acceptors (Lipinski definition) is 6. The van der Waals surface area contributed by atoms with Crippen LogP contribution in [0.25, 0.3) is 0 Å². The molecule has 1 aromatic carbocycles. The van der Waals surface area contributed by atoms with Crippen molar-refractivity contribution in [2.75, 3.05) is 31.6 Å². The summed E-state index contributed by atoms with van der Waals surface area (Å²) in [6, 6.07) is 5.96. The molecule has 0 aliphatic heterocycles. The first kappa shape index (κ1) is 24.9. The first-order chi connectivity index (χ1) is 13.5. The number of anilines is 1. The highest BCUT2D eigenvalue weighted by atomic mass is 32.2. The lowest BCUT2D eigenvalue weighted by molar-refractivity contribution is -0.116. The van der Waals surface area contributed by atoms with E-state index < -0.39 is 21.7 Å². The minimum Gasteiger partial charge on any atom is -0.444 e. The summed E-state index contributed by atoms with van der Waals surface area (Å²) in [5.41, 5.74) is -0.238. The van der Waals surface area contributed by atoms with Crippen molar-refractivity contribution in [2.45, 2.75) is 51.0 Å². The van der Waals surface area contributed by atoms with E-state index in [4.69, 9.17) is 9.47 Å². The number of alkyl carbamates (subject to hydrolysis) is 1. The first-order valence-electron chi connectivity index (χ1n) is 9.47. The minimum absolute atomic E-state index is 0.00437. The number of nitrogens with one attached hydrogen (secondary N) is 3. The number of carbonyl (C=O) groups excluding carboxylic acids is 2. The topological polar surface area (TPSA) is 123 Å². The number of carbonyl (C=O) groups is 2. The van der Waals surface area contributed by atoms with Crippen LogP contribution in [-0.4, -0.2) is 52.3 Å². The van der Waals surface area contributed by atoms with Crippen LogP contribution in [0.3, 0.4) is 0 Å². The van der Waals surface area contributed by atoms with Crippen LogP contribution in [-0.2, 0) is 24.3 Å². The molecule has 0 saturated carbocycles. The smallest absolute Gasteiger partial charge is 0.407 e. The maximum Gasteiger partial charge on any atom is 0.407 e. The quantitative estimate of drug-likeness (QED) is 0.464. The molecule has 10 heteroatoms. The predicted octanol–water partition coefficient (Wildman–Crippen LogP) is 2.24. The van der Waals surface area contributed by atoms with Gasteiger partial charge in [-0.15, -0.1) is 0 Å². The molecule has 0 aliphatic carbocycles. The molecule has 3 N–H and O–H groups in total. The van der Waals surface area contributed by atoms with Gasteiger partial charge in [0.05, 0.1) is 4.90 Å². The second-order valence-electron chi connectivity index (χ2n) is 7.20. The standard InChI is InChI=1S/C19H31N3O6S/c1-5-27-13-7-10-17(23)22-15-8-6-9-16(14-15)29(25,26)21-12-11-20-18(24)28-19(2,3)4/h6,8-9,14,21H,5,7,10-13H2,1-4H3,(H,20,24)(H,22,23). The fourth-order valence-corrected chi connectivity index (χ4v) is 3.27. The van der Waals surface area contributed by atoms with E-state index in [2.05, 4.69) is 15.4 Å². The van der Waals surface area contributed by atoms with Crippen LogP contribution in [0.2, 0.25) is 0 Å². The second kappa shape index (κ2) is 11.7. The Balaban J connectivity index is 2.52. The fraction of sp³-hybridized carbons (Fsp3) is 0.579. The molecule has 0 spiro atoms. The van der Waals surface area contributed by atoms with Gasteiger partial charge in [-0.3, -0.25) is 4.79 Å². The Bertz CT molecular complexity index is 774. The highest BCUT2D eigenvalue weighted by Crippen LogP contribution is 2.15. The van der Waals surface area contributed by atoms with E-state index in [-0.39, 0.29) is 30.3 Å². The number of benzene rings is 1. The van der Waals surface area contributed by atoms with Gasteiger partial charge in [0.2, 0.25) is 15.9 Å². The van der Waals surface area contributed by atoms with Crippen molar-refractivity contribution in [3.8, 4) is 0 Å². The zero-order valence-electron chi connectivity index (χ0n) is 17.4. The summed E-state index contributed by atoms with van der Waals surface area (Å²) >= 11 is 0. The van der Waals surface area contributed by atoms with Crippen LogP contribution >= 0.6 is 0 Å².